The first-order valence-corrected chi connectivity index (χ1v) is 10.2. The van der Waals surface area contributed by atoms with Crippen LogP contribution in [0.4, 0.5) is 5.69 Å². The molecule has 1 aliphatic carbocycles. The number of anilines is 1. The number of amides is 1. The van der Waals surface area contributed by atoms with Crippen LogP contribution < -0.4 is 10.1 Å². The molecule has 0 radical (unpaired) electrons. The summed E-state index contributed by atoms with van der Waals surface area (Å²) in [5.74, 6) is 1.81. The van der Waals surface area contributed by atoms with Gasteiger partial charge in [-0.3, -0.25) is 4.79 Å². The molecule has 2 aromatic rings. The SMILES string of the molecule is O=C1CCc2cc(OCCCCc3nnnn3[C@H]3CCC[C@H](O)C3)ccc2N1. The van der Waals surface area contributed by atoms with Crippen molar-refractivity contribution in [3.05, 3.63) is 29.6 Å². The van der Waals surface area contributed by atoms with E-state index in [2.05, 4.69) is 20.8 Å². The number of nitrogens with zero attached hydrogens (tertiary/aromatic N) is 4. The van der Waals surface area contributed by atoms with Crippen LogP contribution in [0, 0.1) is 0 Å². The van der Waals surface area contributed by atoms with Gasteiger partial charge in [-0.1, -0.05) is 0 Å². The van der Waals surface area contributed by atoms with Crippen LogP contribution >= 0.6 is 0 Å². The first-order chi connectivity index (χ1) is 13.7. The summed E-state index contributed by atoms with van der Waals surface area (Å²) in [5.41, 5.74) is 2.02. The molecule has 2 atom stereocenters. The van der Waals surface area contributed by atoms with Crippen molar-refractivity contribution in [1.82, 2.24) is 20.2 Å². The number of aliphatic hydroxyl groups excluding tert-OH is 1. The third-order valence-electron chi connectivity index (χ3n) is 5.56. The molecule has 4 rings (SSSR count). The number of benzene rings is 1. The molecular weight excluding hydrogens is 358 g/mol. The lowest BCUT2D eigenvalue weighted by Crippen LogP contribution is -2.24. The van der Waals surface area contributed by atoms with E-state index < -0.39 is 0 Å². The summed E-state index contributed by atoms with van der Waals surface area (Å²) in [6, 6.07) is 6.04. The summed E-state index contributed by atoms with van der Waals surface area (Å²) in [6.45, 7) is 0.634. The van der Waals surface area contributed by atoms with Gasteiger partial charge in [0, 0.05) is 18.5 Å². The number of tetrazole rings is 1. The number of aliphatic hydroxyl groups is 1. The lowest BCUT2D eigenvalue weighted by molar-refractivity contribution is -0.116. The first kappa shape index (κ1) is 18.9. The Morgan fingerprint density at radius 3 is 3.07 bits per heavy atom. The average Bonchev–Trinajstić information content (AvgIpc) is 3.16. The Balaban J connectivity index is 1.23. The van der Waals surface area contributed by atoms with Gasteiger partial charge in [0.2, 0.25) is 5.91 Å². The maximum absolute atomic E-state index is 11.4. The van der Waals surface area contributed by atoms with Crippen molar-refractivity contribution in [3.8, 4) is 5.75 Å². The fourth-order valence-electron chi connectivity index (χ4n) is 4.05. The molecule has 8 nitrogen and oxygen atoms in total. The van der Waals surface area contributed by atoms with Gasteiger partial charge in [-0.25, -0.2) is 4.68 Å². The van der Waals surface area contributed by atoms with Gasteiger partial charge in [0.05, 0.1) is 18.8 Å². The van der Waals surface area contributed by atoms with E-state index in [0.717, 1.165) is 74.2 Å². The third-order valence-corrected chi connectivity index (χ3v) is 5.56. The van der Waals surface area contributed by atoms with Crippen LogP contribution in [0.5, 0.6) is 5.75 Å². The third kappa shape index (κ3) is 4.49. The number of hydrogen-bond acceptors (Lipinski definition) is 6. The first-order valence-electron chi connectivity index (χ1n) is 10.2. The highest BCUT2D eigenvalue weighted by molar-refractivity contribution is 5.93. The molecule has 1 amide bonds. The quantitative estimate of drug-likeness (QED) is 0.710. The molecule has 1 aromatic heterocycles. The van der Waals surface area contributed by atoms with Gasteiger partial charge in [0.1, 0.15) is 5.75 Å². The van der Waals surface area contributed by atoms with Gasteiger partial charge in [0.15, 0.2) is 5.82 Å². The van der Waals surface area contributed by atoms with Crippen LogP contribution in [0.15, 0.2) is 18.2 Å². The molecule has 2 N–H and O–H groups in total. The van der Waals surface area contributed by atoms with Gasteiger partial charge in [0.25, 0.3) is 0 Å². The normalized spacial score (nSPS) is 21.8. The largest absolute Gasteiger partial charge is 0.494 e. The van der Waals surface area contributed by atoms with Crippen LogP contribution in [0.25, 0.3) is 0 Å². The van der Waals surface area contributed by atoms with E-state index in [1.54, 1.807) is 0 Å². The number of carbonyl (C=O) groups is 1. The Hall–Kier alpha value is -2.48. The van der Waals surface area contributed by atoms with E-state index in [-0.39, 0.29) is 18.1 Å². The molecule has 1 saturated carbocycles. The highest BCUT2D eigenvalue weighted by Gasteiger charge is 2.24. The maximum atomic E-state index is 11.4. The number of nitrogens with one attached hydrogen (secondary N) is 1. The highest BCUT2D eigenvalue weighted by Crippen LogP contribution is 2.29. The van der Waals surface area contributed by atoms with Gasteiger partial charge in [-0.15, -0.1) is 5.10 Å². The fraction of sp³-hybridized carbons (Fsp3) is 0.600. The number of rotatable bonds is 7. The molecule has 1 aliphatic heterocycles. The van der Waals surface area contributed by atoms with E-state index in [9.17, 15) is 9.90 Å². The molecule has 2 heterocycles. The van der Waals surface area contributed by atoms with E-state index in [4.69, 9.17) is 4.74 Å². The Labute approximate surface area is 164 Å². The van der Waals surface area contributed by atoms with Crippen molar-refractivity contribution in [2.75, 3.05) is 11.9 Å². The van der Waals surface area contributed by atoms with Crippen molar-refractivity contribution in [1.29, 1.82) is 0 Å². The van der Waals surface area contributed by atoms with E-state index in [0.29, 0.717) is 13.0 Å². The monoisotopic (exact) mass is 385 g/mol. The van der Waals surface area contributed by atoms with E-state index >= 15 is 0 Å². The Bertz CT molecular complexity index is 822. The Kier molecular flexibility index (Phi) is 5.85. The van der Waals surface area contributed by atoms with Crippen LogP contribution in [0.1, 0.15) is 62.4 Å². The molecule has 0 saturated heterocycles. The minimum atomic E-state index is -0.242. The summed E-state index contributed by atoms with van der Waals surface area (Å²) in [5, 5.41) is 24.9. The fourth-order valence-corrected chi connectivity index (χ4v) is 4.05. The average molecular weight is 385 g/mol. The van der Waals surface area contributed by atoms with Crippen LogP contribution in [0.3, 0.4) is 0 Å². The number of fused-ring (bicyclic) bond motifs is 1. The Morgan fingerprint density at radius 1 is 1.25 bits per heavy atom. The summed E-state index contributed by atoms with van der Waals surface area (Å²) in [7, 11) is 0. The lowest BCUT2D eigenvalue weighted by atomic mass is 9.93. The zero-order valence-electron chi connectivity index (χ0n) is 16.0. The molecule has 2 aliphatic rings. The zero-order chi connectivity index (χ0) is 19.3. The van der Waals surface area contributed by atoms with Gasteiger partial charge >= 0.3 is 0 Å². The van der Waals surface area contributed by atoms with Crippen molar-refractivity contribution in [3.63, 3.8) is 0 Å². The lowest BCUT2D eigenvalue weighted by Gasteiger charge is -2.26. The number of aromatic nitrogens is 4. The van der Waals surface area contributed by atoms with Crippen LogP contribution in [-0.4, -0.2) is 43.9 Å². The second kappa shape index (κ2) is 8.68. The second-order valence-electron chi connectivity index (χ2n) is 7.69. The van der Waals surface area contributed by atoms with Crippen LogP contribution in [-0.2, 0) is 17.6 Å². The molecule has 1 aromatic carbocycles. The minimum Gasteiger partial charge on any atom is -0.494 e. The molecule has 0 spiro atoms. The predicted molar refractivity (Wildman–Crippen MR) is 103 cm³/mol. The molecule has 0 bridgehead atoms. The number of unbranched alkanes of at least 4 members (excludes halogenated alkanes) is 1. The van der Waals surface area contributed by atoms with Crippen LogP contribution in [0.2, 0.25) is 0 Å². The van der Waals surface area contributed by atoms with Crippen molar-refractivity contribution < 1.29 is 14.6 Å². The minimum absolute atomic E-state index is 0.0752. The molecular formula is C20H27N5O3. The van der Waals surface area contributed by atoms with E-state index in [1.165, 1.54) is 0 Å². The Morgan fingerprint density at radius 2 is 2.18 bits per heavy atom. The van der Waals surface area contributed by atoms with Crippen molar-refractivity contribution in [2.24, 2.45) is 0 Å². The van der Waals surface area contributed by atoms with Gasteiger partial charge in [-0.05, 0) is 79.1 Å². The topological polar surface area (TPSA) is 102 Å². The standard InChI is InChI=1S/C20H27N5O3/c26-16-5-3-4-15(13-16)25-19(22-23-24-25)6-1-2-11-28-17-8-9-18-14(12-17)7-10-20(27)21-18/h8-9,12,15-16,26H,1-7,10-11,13H2,(H,21,27)/t15-,16-/m0/s1. The number of aryl methyl sites for hydroxylation is 2. The molecule has 0 unspecified atom stereocenters. The number of ether oxygens (including phenoxy) is 1. The summed E-state index contributed by atoms with van der Waals surface area (Å²) in [4.78, 5) is 11.4. The van der Waals surface area contributed by atoms with E-state index in [1.807, 2.05) is 22.9 Å². The summed E-state index contributed by atoms with van der Waals surface area (Å²) in [6.07, 6.45) is 7.36. The maximum Gasteiger partial charge on any atom is 0.224 e. The van der Waals surface area contributed by atoms with Gasteiger partial charge < -0.3 is 15.2 Å². The predicted octanol–water partition coefficient (Wildman–Crippen LogP) is 2.44. The highest BCUT2D eigenvalue weighted by atomic mass is 16.5. The molecule has 1 fully saturated rings. The van der Waals surface area contributed by atoms with Crippen molar-refractivity contribution >= 4 is 11.6 Å². The van der Waals surface area contributed by atoms with Crippen molar-refractivity contribution in [2.45, 2.75) is 69.9 Å². The number of hydrogen-bond donors (Lipinski definition) is 2. The molecule has 8 heteroatoms. The second-order valence-corrected chi connectivity index (χ2v) is 7.69. The summed E-state index contributed by atoms with van der Waals surface area (Å²) < 4.78 is 7.78. The smallest absolute Gasteiger partial charge is 0.224 e. The molecule has 150 valence electrons. The number of carbonyl (C=O) groups excluding carboxylic acids is 1. The summed E-state index contributed by atoms with van der Waals surface area (Å²) >= 11 is 0. The zero-order valence-corrected chi connectivity index (χ0v) is 16.0. The molecule has 28 heavy (non-hydrogen) atoms. The van der Waals surface area contributed by atoms with Gasteiger partial charge in [-0.2, -0.15) is 0 Å².